The van der Waals surface area contributed by atoms with Gasteiger partial charge in [0.1, 0.15) is 25.3 Å². The van der Waals surface area contributed by atoms with Crippen LogP contribution < -0.4 is 45.5 Å². The highest BCUT2D eigenvalue weighted by Gasteiger charge is 2.24. The molecule has 5 N–H and O–H groups in total. The number of carbonyl (C=O) groups excluding carboxylic acids is 6. The lowest BCUT2D eigenvalue weighted by molar-refractivity contribution is -0.130. The van der Waals surface area contributed by atoms with Crippen molar-refractivity contribution in [1.82, 2.24) is 20.9 Å². The Balaban J connectivity index is 1.16. The Morgan fingerprint density at radius 1 is 0.682 bits per heavy atom. The lowest BCUT2D eigenvalue weighted by atomic mass is 9.97. The monoisotopic (exact) mass is 1160 g/mol. The molecule has 0 radical (unpaired) electrons. The number of carbonyl (C=O) groups is 6. The van der Waals surface area contributed by atoms with Crippen molar-refractivity contribution in [2.75, 3.05) is 44.5 Å². The molecule has 0 spiro atoms. The van der Waals surface area contributed by atoms with Gasteiger partial charge in [0.2, 0.25) is 23.6 Å². The first-order valence-electron chi connectivity index (χ1n) is 28.8. The second-order valence-electron chi connectivity index (χ2n) is 21.9. The fourth-order valence-corrected chi connectivity index (χ4v) is 9.63. The normalized spacial score (nSPS) is 13.4. The van der Waals surface area contributed by atoms with Crippen molar-refractivity contribution in [3.63, 3.8) is 0 Å². The van der Waals surface area contributed by atoms with E-state index in [9.17, 15) is 28.8 Å². The summed E-state index contributed by atoms with van der Waals surface area (Å²) in [6.07, 6.45) is 7.67. The van der Waals surface area contributed by atoms with Crippen molar-refractivity contribution >= 4 is 64.2 Å². The van der Waals surface area contributed by atoms with Crippen molar-refractivity contribution in [2.24, 2.45) is 16.8 Å². The minimum absolute atomic E-state index is 0.0155. The number of nitrogens with zero attached hydrogens (tertiary/aromatic N) is 2. The lowest BCUT2D eigenvalue weighted by Crippen LogP contribution is -2.50. The second-order valence-corrected chi connectivity index (χ2v) is 21.9. The minimum Gasteiger partial charge on any atom is -0.493 e. The minimum atomic E-state index is -1.04. The van der Waals surface area contributed by atoms with E-state index in [0.29, 0.717) is 88.6 Å². The van der Waals surface area contributed by atoms with Gasteiger partial charge < -0.3 is 50.4 Å². The molecule has 1 heterocycles. The van der Waals surface area contributed by atoms with Crippen LogP contribution in [0.25, 0.3) is 5.57 Å². The van der Waals surface area contributed by atoms with Gasteiger partial charge in [0.15, 0.2) is 28.8 Å². The van der Waals surface area contributed by atoms with Gasteiger partial charge in [0.25, 0.3) is 5.91 Å². The number of benzene rings is 5. The molecule has 450 valence electrons. The molecule has 1 aliphatic heterocycles. The zero-order valence-electron chi connectivity index (χ0n) is 50.9. The maximum atomic E-state index is 13.9. The van der Waals surface area contributed by atoms with E-state index < -0.39 is 23.9 Å². The van der Waals surface area contributed by atoms with E-state index in [1.165, 1.54) is 61.1 Å². The van der Waals surface area contributed by atoms with Crippen molar-refractivity contribution in [2.45, 2.75) is 119 Å². The van der Waals surface area contributed by atoms with Crippen LogP contribution in [-0.2, 0) is 50.0 Å². The summed E-state index contributed by atoms with van der Waals surface area (Å²) in [5, 5.41) is 14.7. The lowest BCUT2D eigenvalue weighted by Gasteiger charge is -2.21. The summed E-state index contributed by atoms with van der Waals surface area (Å²) in [6.45, 7) is 24.3. The van der Waals surface area contributed by atoms with Crippen LogP contribution >= 0.6 is 0 Å². The van der Waals surface area contributed by atoms with Crippen molar-refractivity contribution < 1.29 is 47.7 Å². The molecular formula is C68H83N7O10. The molecule has 5 amide bonds. The van der Waals surface area contributed by atoms with Crippen LogP contribution in [0.5, 0.6) is 23.0 Å². The Hall–Kier alpha value is -8.99. The highest BCUT2D eigenvalue weighted by Crippen LogP contribution is 2.39. The number of amides is 5. The Morgan fingerprint density at radius 2 is 1.26 bits per heavy atom. The van der Waals surface area contributed by atoms with E-state index in [1.807, 2.05) is 49.5 Å². The first-order chi connectivity index (χ1) is 40.6. The number of hydrogen-bond acceptors (Lipinski definition) is 12. The molecule has 5 aromatic rings. The SMILES string of the molecule is C=C(C)c1cc(OC)c(OCc2cc(COc3cc(N=C[C@@H](C)Cc4ccccc4C)c(C(C)=O)cc3OC)cc(NC(=O)C(C)NC(=O)[C@H](C)NC(=O)CCCCC(=O)NCCN3C(=C)C=CC3=O)c2)cc1NC[C@@H](C)Cc1ccccc1C. The predicted octanol–water partition coefficient (Wildman–Crippen LogP) is 11.1. The molecule has 0 bridgehead atoms. The molecule has 4 atom stereocenters. The average molecular weight is 1160 g/mol. The number of methoxy groups -OCH3 is 2. The van der Waals surface area contributed by atoms with Crippen LogP contribution in [-0.4, -0.2) is 92.4 Å². The number of Topliss-reactive ketones (excluding diaryl/α,β-unsaturated/α-hetero) is 1. The third kappa shape index (κ3) is 19.6. The Morgan fingerprint density at radius 3 is 1.84 bits per heavy atom. The smallest absolute Gasteiger partial charge is 0.251 e. The molecule has 0 aliphatic carbocycles. The van der Waals surface area contributed by atoms with Crippen molar-refractivity contribution in [3.8, 4) is 23.0 Å². The van der Waals surface area contributed by atoms with Crippen molar-refractivity contribution in [1.29, 1.82) is 0 Å². The molecule has 6 rings (SSSR count). The third-order valence-corrected chi connectivity index (χ3v) is 14.5. The van der Waals surface area contributed by atoms with E-state index in [2.05, 4.69) is 97.8 Å². The first-order valence-corrected chi connectivity index (χ1v) is 28.8. The average Bonchev–Trinajstić information content (AvgIpc) is 3.95. The molecule has 17 nitrogen and oxygen atoms in total. The Labute approximate surface area is 500 Å². The summed E-state index contributed by atoms with van der Waals surface area (Å²) in [4.78, 5) is 83.6. The molecule has 85 heavy (non-hydrogen) atoms. The molecule has 5 aromatic carbocycles. The highest BCUT2D eigenvalue weighted by atomic mass is 16.5. The van der Waals surface area contributed by atoms with Gasteiger partial charge in [0, 0.05) is 85.1 Å². The number of ketones is 1. The number of allylic oxidation sites excluding steroid dienone is 2. The number of nitrogens with one attached hydrogen (secondary N) is 5. The van der Waals surface area contributed by atoms with Crippen LogP contribution in [0.2, 0.25) is 0 Å². The predicted molar refractivity (Wildman–Crippen MR) is 336 cm³/mol. The number of rotatable bonds is 32. The van der Waals surface area contributed by atoms with Gasteiger partial charge in [-0.05, 0) is 154 Å². The maximum absolute atomic E-state index is 13.9. The van der Waals surface area contributed by atoms with Gasteiger partial charge in [-0.25, -0.2) is 0 Å². The molecule has 0 saturated heterocycles. The number of ether oxygens (including phenoxy) is 4. The van der Waals surface area contributed by atoms with E-state index in [-0.39, 0.29) is 62.0 Å². The summed E-state index contributed by atoms with van der Waals surface area (Å²) in [5.41, 5.74) is 10.6. The largest absolute Gasteiger partial charge is 0.493 e. The molecule has 17 heteroatoms. The summed E-state index contributed by atoms with van der Waals surface area (Å²) >= 11 is 0. The summed E-state index contributed by atoms with van der Waals surface area (Å²) in [5.74, 6) is -0.0674. The highest BCUT2D eigenvalue weighted by molar-refractivity contribution is 6.01. The summed E-state index contributed by atoms with van der Waals surface area (Å²) < 4.78 is 24.6. The van der Waals surface area contributed by atoms with Crippen LogP contribution in [0.3, 0.4) is 0 Å². The van der Waals surface area contributed by atoms with Gasteiger partial charge in [0.05, 0.1) is 19.9 Å². The number of hydrogen-bond donors (Lipinski definition) is 5. The fraction of sp³-hybridized carbons (Fsp3) is 0.368. The molecule has 0 fully saturated rings. The molecular weight excluding hydrogens is 1070 g/mol. The van der Waals surface area contributed by atoms with Gasteiger partial charge in [-0.3, -0.25) is 33.8 Å². The van der Waals surface area contributed by atoms with Gasteiger partial charge in [-0.15, -0.1) is 0 Å². The third-order valence-electron chi connectivity index (χ3n) is 14.5. The molecule has 1 aliphatic rings. The van der Waals surface area contributed by atoms with Gasteiger partial charge in [-0.2, -0.15) is 0 Å². The summed E-state index contributed by atoms with van der Waals surface area (Å²) in [7, 11) is 3.07. The number of unbranched alkanes of at least 4 members (excludes halogenated alkanes) is 1. The fourth-order valence-electron chi connectivity index (χ4n) is 9.63. The van der Waals surface area contributed by atoms with Gasteiger partial charge in [-0.1, -0.05) is 75.5 Å². The first kappa shape index (κ1) is 65.2. The van der Waals surface area contributed by atoms with E-state index in [1.54, 1.807) is 37.5 Å². The molecule has 1 unspecified atom stereocenters. The van der Waals surface area contributed by atoms with Crippen LogP contribution in [0.4, 0.5) is 17.1 Å². The van der Waals surface area contributed by atoms with Crippen LogP contribution in [0.1, 0.15) is 117 Å². The van der Waals surface area contributed by atoms with Gasteiger partial charge >= 0.3 is 0 Å². The molecule has 0 saturated carbocycles. The Kier molecular flexibility index (Phi) is 24.2. The zero-order chi connectivity index (χ0) is 61.7. The Bertz CT molecular complexity index is 3290. The van der Waals surface area contributed by atoms with E-state index >= 15 is 0 Å². The zero-order valence-corrected chi connectivity index (χ0v) is 50.9. The number of aliphatic imine (C=N–C) groups is 1. The second kappa shape index (κ2) is 31.6. The van der Waals surface area contributed by atoms with Crippen LogP contribution in [0, 0.1) is 25.7 Å². The summed E-state index contributed by atoms with van der Waals surface area (Å²) in [6, 6.07) is 27.1. The van der Waals surface area contributed by atoms with E-state index in [4.69, 9.17) is 23.9 Å². The number of aryl methyl sites for hydroxylation is 2. The van der Waals surface area contributed by atoms with Crippen LogP contribution in [0.15, 0.2) is 127 Å². The molecule has 0 aromatic heterocycles. The topological polar surface area (TPSA) is 215 Å². The van der Waals surface area contributed by atoms with Crippen molar-refractivity contribution in [3.05, 3.63) is 167 Å². The number of anilines is 2. The maximum Gasteiger partial charge on any atom is 0.251 e. The standard InChI is InChI=1S/C68H83N7O10/c1-42(2)56-34-60(82-11)62(36-58(56)70-38-43(3)29-53-21-15-13-19-45(53)5)84-40-51-31-52(41-85-63-37-59(57(50(10)76)35-61(63)83-12)71-39-44(4)30-54-22-16-14-20-46(54)6)33-55(32-51)74-68(81)49(9)73-67(80)48(8)72-65(78)24-18-17-23-64(77)69-27-28-75-47(7)25-26-66(75)79/h13-16,19-22,25-26,31-37,39,43-44,48-49,70H,1,7,17-18,23-24,27-30,38,40-41H2,2-6,8-12H3,(H,69,77)(H,72,78)(H,73,80)(H,74,81)/t43-,44-,48-,49?/m0/s1. The quantitative estimate of drug-likeness (QED) is 0.0155. The van der Waals surface area contributed by atoms with E-state index in [0.717, 1.165) is 29.7 Å².